The number of nitrogens with two attached hydrogens (primary N) is 1. The third-order valence-electron chi connectivity index (χ3n) is 1.80. The van der Waals surface area contributed by atoms with E-state index in [0.29, 0.717) is 30.5 Å². The van der Waals surface area contributed by atoms with Crippen molar-refractivity contribution < 1.29 is 17.9 Å². The Balaban J connectivity index is 2.36. The number of pyridine rings is 1. The molecule has 7 heteroatoms. The van der Waals surface area contributed by atoms with Gasteiger partial charge in [0.15, 0.2) is 0 Å². The third kappa shape index (κ3) is 5.38. The normalized spacial score (nSPS) is 11.8. The van der Waals surface area contributed by atoms with Crippen molar-refractivity contribution in [3.8, 4) is 0 Å². The van der Waals surface area contributed by atoms with E-state index in [1.807, 2.05) is 0 Å². The molecule has 0 saturated heterocycles. The van der Waals surface area contributed by atoms with E-state index >= 15 is 0 Å². The van der Waals surface area contributed by atoms with Gasteiger partial charge >= 0.3 is 6.18 Å². The van der Waals surface area contributed by atoms with Crippen molar-refractivity contribution in [1.82, 2.24) is 4.98 Å². The van der Waals surface area contributed by atoms with Crippen LogP contribution in [0.15, 0.2) is 23.4 Å². The first-order valence-corrected chi connectivity index (χ1v) is 5.96. The van der Waals surface area contributed by atoms with Crippen molar-refractivity contribution in [2.45, 2.75) is 11.2 Å². The fraction of sp³-hybridized carbons (Fsp3) is 0.500. The van der Waals surface area contributed by atoms with Crippen LogP contribution in [0, 0.1) is 0 Å². The molecule has 0 aliphatic carbocycles. The van der Waals surface area contributed by atoms with Gasteiger partial charge in [-0.25, -0.2) is 4.98 Å². The minimum Gasteiger partial charge on any atom is -0.379 e. The van der Waals surface area contributed by atoms with Gasteiger partial charge in [-0.05, 0) is 12.1 Å². The molecule has 3 nitrogen and oxygen atoms in total. The third-order valence-corrected chi connectivity index (χ3v) is 2.71. The summed E-state index contributed by atoms with van der Waals surface area (Å²) in [4.78, 5) is 3.73. The van der Waals surface area contributed by atoms with E-state index in [0.717, 1.165) is 12.3 Å². The average Bonchev–Trinajstić information content (AvgIpc) is 2.28. The highest BCUT2D eigenvalue weighted by atomic mass is 32.2. The zero-order valence-electron chi connectivity index (χ0n) is 9.04. The standard InChI is InChI=1S/C10H13F3N2OS/c11-10(12,13)8-1-2-9(15-7-8)17-6-5-16-4-3-14/h1-2,7H,3-6,14H2. The molecule has 1 heterocycles. The number of nitrogens with zero attached hydrogens (tertiary/aromatic N) is 1. The van der Waals surface area contributed by atoms with Crippen LogP contribution in [0.25, 0.3) is 0 Å². The number of hydrogen-bond acceptors (Lipinski definition) is 4. The first-order valence-electron chi connectivity index (χ1n) is 4.98. The van der Waals surface area contributed by atoms with Crippen LogP contribution in [-0.4, -0.2) is 30.5 Å². The van der Waals surface area contributed by atoms with E-state index in [9.17, 15) is 13.2 Å². The monoisotopic (exact) mass is 266 g/mol. The zero-order valence-corrected chi connectivity index (χ0v) is 9.85. The Morgan fingerprint density at radius 2 is 2.06 bits per heavy atom. The fourth-order valence-corrected chi connectivity index (χ4v) is 1.73. The van der Waals surface area contributed by atoms with E-state index in [1.165, 1.54) is 17.8 Å². The van der Waals surface area contributed by atoms with Crippen molar-refractivity contribution in [3.63, 3.8) is 0 Å². The van der Waals surface area contributed by atoms with Gasteiger partial charge in [0.2, 0.25) is 0 Å². The first kappa shape index (κ1) is 14.3. The van der Waals surface area contributed by atoms with Crippen molar-refractivity contribution in [2.75, 3.05) is 25.5 Å². The molecule has 0 spiro atoms. The predicted octanol–water partition coefficient (Wildman–Crippen LogP) is 2.17. The fourth-order valence-electron chi connectivity index (χ4n) is 1.02. The van der Waals surface area contributed by atoms with Gasteiger partial charge in [0.05, 0.1) is 23.8 Å². The summed E-state index contributed by atoms with van der Waals surface area (Å²) in [5.41, 5.74) is 4.49. The average molecular weight is 266 g/mol. The molecule has 0 aliphatic heterocycles. The van der Waals surface area contributed by atoms with Crippen LogP contribution in [0.1, 0.15) is 5.56 Å². The summed E-state index contributed by atoms with van der Waals surface area (Å²) in [6.07, 6.45) is -3.50. The molecule has 0 unspecified atom stereocenters. The van der Waals surface area contributed by atoms with Crippen LogP contribution >= 0.6 is 11.8 Å². The van der Waals surface area contributed by atoms with Gasteiger partial charge in [-0.1, -0.05) is 0 Å². The Bertz CT molecular complexity index is 329. The summed E-state index contributed by atoms with van der Waals surface area (Å²) in [5, 5.41) is 0.550. The van der Waals surface area contributed by atoms with Crippen molar-refractivity contribution in [3.05, 3.63) is 23.9 Å². The Morgan fingerprint density at radius 3 is 2.59 bits per heavy atom. The molecule has 0 aromatic carbocycles. The summed E-state index contributed by atoms with van der Waals surface area (Å²) in [6.45, 7) is 1.45. The Labute approximate surface area is 102 Å². The molecule has 0 atom stereocenters. The molecule has 96 valence electrons. The molecule has 0 saturated carbocycles. The number of thioether (sulfide) groups is 1. The summed E-state index contributed by atoms with van der Waals surface area (Å²) < 4.78 is 41.8. The van der Waals surface area contributed by atoms with Gasteiger partial charge in [0.1, 0.15) is 0 Å². The lowest BCUT2D eigenvalue weighted by Gasteiger charge is -2.06. The van der Waals surface area contributed by atoms with Crippen molar-refractivity contribution in [1.29, 1.82) is 0 Å². The van der Waals surface area contributed by atoms with E-state index in [1.54, 1.807) is 0 Å². The number of aromatic nitrogens is 1. The van der Waals surface area contributed by atoms with Crippen molar-refractivity contribution >= 4 is 11.8 Å². The quantitative estimate of drug-likeness (QED) is 0.633. The molecule has 17 heavy (non-hydrogen) atoms. The van der Waals surface area contributed by atoms with Gasteiger partial charge in [-0.3, -0.25) is 0 Å². The highest BCUT2D eigenvalue weighted by Crippen LogP contribution is 2.29. The SMILES string of the molecule is NCCOCCSc1ccc(C(F)(F)F)cn1. The van der Waals surface area contributed by atoms with E-state index in [2.05, 4.69) is 4.98 Å². The summed E-state index contributed by atoms with van der Waals surface area (Å²) in [7, 11) is 0. The molecular weight excluding hydrogens is 253 g/mol. The highest BCUT2D eigenvalue weighted by molar-refractivity contribution is 7.99. The second-order valence-corrected chi connectivity index (χ2v) is 4.25. The molecular formula is C10H13F3N2OS. The molecule has 0 radical (unpaired) electrons. The topological polar surface area (TPSA) is 48.1 Å². The molecule has 0 bridgehead atoms. The Kier molecular flexibility index (Phi) is 5.73. The molecule has 0 fully saturated rings. The van der Waals surface area contributed by atoms with Gasteiger partial charge < -0.3 is 10.5 Å². The van der Waals surface area contributed by atoms with Crippen LogP contribution in [0.4, 0.5) is 13.2 Å². The van der Waals surface area contributed by atoms with Crippen LogP contribution in [-0.2, 0) is 10.9 Å². The largest absolute Gasteiger partial charge is 0.417 e. The Morgan fingerprint density at radius 1 is 1.29 bits per heavy atom. The molecule has 1 aromatic rings. The lowest BCUT2D eigenvalue weighted by molar-refractivity contribution is -0.137. The van der Waals surface area contributed by atoms with Gasteiger partial charge in [0.25, 0.3) is 0 Å². The summed E-state index contributed by atoms with van der Waals surface area (Å²) in [6, 6.07) is 2.38. The first-order chi connectivity index (χ1) is 8.04. The second kappa shape index (κ2) is 6.83. The van der Waals surface area contributed by atoms with E-state index < -0.39 is 11.7 Å². The molecule has 1 rings (SSSR count). The van der Waals surface area contributed by atoms with Gasteiger partial charge in [0, 0.05) is 18.5 Å². The zero-order chi connectivity index (χ0) is 12.7. The highest BCUT2D eigenvalue weighted by Gasteiger charge is 2.30. The lowest BCUT2D eigenvalue weighted by atomic mass is 10.3. The van der Waals surface area contributed by atoms with E-state index in [-0.39, 0.29) is 0 Å². The smallest absolute Gasteiger partial charge is 0.379 e. The van der Waals surface area contributed by atoms with Gasteiger partial charge in [-0.2, -0.15) is 13.2 Å². The molecule has 1 aromatic heterocycles. The predicted molar refractivity (Wildman–Crippen MR) is 59.8 cm³/mol. The molecule has 0 amide bonds. The summed E-state index contributed by atoms with van der Waals surface area (Å²) >= 11 is 1.35. The number of halogens is 3. The lowest BCUT2D eigenvalue weighted by Crippen LogP contribution is -2.10. The maximum absolute atomic E-state index is 12.2. The minimum atomic E-state index is -4.33. The molecule has 2 N–H and O–H groups in total. The maximum atomic E-state index is 12.2. The maximum Gasteiger partial charge on any atom is 0.417 e. The van der Waals surface area contributed by atoms with Crippen LogP contribution in [0.2, 0.25) is 0 Å². The van der Waals surface area contributed by atoms with Crippen LogP contribution in [0.3, 0.4) is 0 Å². The number of ether oxygens (including phenoxy) is 1. The molecule has 0 aliphatic rings. The number of alkyl halides is 3. The van der Waals surface area contributed by atoms with Crippen LogP contribution in [0.5, 0.6) is 0 Å². The van der Waals surface area contributed by atoms with Gasteiger partial charge in [-0.15, -0.1) is 11.8 Å². The van der Waals surface area contributed by atoms with E-state index in [4.69, 9.17) is 10.5 Å². The Hall–Kier alpha value is -0.790. The second-order valence-electron chi connectivity index (χ2n) is 3.13. The number of rotatable bonds is 6. The summed E-state index contributed by atoms with van der Waals surface area (Å²) in [5.74, 6) is 0.637. The minimum absolute atomic E-state index is 0.462. The number of hydrogen-bond donors (Lipinski definition) is 1. The van der Waals surface area contributed by atoms with Crippen molar-refractivity contribution in [2.24, 2.45) is 5.73 Å². The van der Waals surface area contributed by atoms with Crippen LogP contribution < -0.4 is 5.73 Å².